The Morgan fingerprint density at radius 3 is 2.96 bits per heavy atom. The summed E-state index contributed by atoms with van der Waals surface area (Å²) in [7, 11) is 1.71. The summed E-state index contributed by atoms with van der Waals surface area (Å²) in [4.78, 5) is 30.3. The number of nitrogens with zero attached hydrogens (tertiary/aromatic N) is 5. The minimum Gasteiger partial charge on any atom is -0.364 e. The van der Waals surface area contributed by atoms with Gasteiger partial charge in [-0.15, -0.1) is 0 Å². The molecule has 8 heteroatoms. The maximum Gasteiger partial charge on any atom is 0.293 e. The molecule has 0 bridgehead atoms. The third-order valence-corrected chi connectivity index (χ3v) is 4.66. The number of piperidine rings is 1. The van der Waals surface area contributed by atoms with E-state index in [0.717, 1.165) is 25.9 Å². The first-order chi connectivity index (χ1) is 12.1. The van der Waals surface area contributed by atoms with Gasteiger partial charge in [0, 0.05) is 50.8 Å². The van der Waals surface area contributed by atoms with Crippen molar-refractivity contribution in [3.8, 4) is 0 Å². The molecule has 3 rings (SSSR count). The van der Waals surface area contributed by atoms with Crippen molar-refractivity contribution >= 4 is 5.82 Å². The molecular weight excluding hydrogens is 320 g/mol. The second-order valence-electron chi connectivity index (χ2n) is 6.34. The third kappa shape index (κ3) is 4.33. The van der Waals surface area contributed by atoms with Crippen molar-refractivity contribution in [1.29, 1.82) is 0 Å². The number of anilines is 1. The second kappa shape index (κ2) is 8.06. The molecule has 0 aromatic carbocycles. The molecule has 25 heavy (non-hydrogen) atoms. The van der Waals surface area contributed by atoms with Gasteiger partial charge in [0.25, 0.3) is 11.1 Å². The van der Waals surface area contributed by atoms with E-state index < -0.39 is 0 Å². The zero-order chi connectivity index (χ0) is 17.6. The lowest BCUT2D eigenvalue weighted by Gasteiger charge is -2.35. The SMILES string of the molecule is Cn1ccnc(NCC2CCCCN2CCn2ncccc2=O)c1=O. The van der Waals surface area contributed by atoms with Gasteiger partial charge in [0.2, 0.25) is 0 Å². The van der Waals surface area contributed by atoms with Gasteiger partial charge in [-0.25, -0.2) is 9.67 Å². The lowest BCUT2D eigenvalue weighted by Crippen LogP contribution is -2.46. The average molecular weight is 344 g/mol. The number of hydrogen-bond acceptors (Lipinski definition) is 6. The number of aromatic nitrogens is 4. The lowest BCUT2D eigenvalue weighted by molar-refractivity contribution is 0.148. The molecular formula is C17H24N6O2. The summed E-state index contributed by atoms with van der Waals surface area (Å²) in [6.45, 7) is 3.00. The quantitative estimate of drug-likeness (QED) is 0.811. The number of aryl methyl sites for hydroxylation is 1. The van der Waals surface area contributed by atoms with Crippen molar-refractivity contribution in [3.63, 3.8) is 0 Å². The van der Waals surface area contributed by atoms with Gasteiger partial charge in [-0.1, -0.05) is 6.42 Å². The van der Waals surface area contributed by atoms with Crippen LogP contribution in [0.5, 0.6) is 0 Å². The van der Waals surface area contributed by atoms with Crippen molar-refractivity contribution in [1.82, 2.24) is 24.2 Å². The van der Waals surface area contributed by atoms with Crippen molar-refractivity contribution in [2.75, 3.05) is 25.0 Å². The highest BCUT2D eigenvalue weighted by Gasteiger charge is 2.22. The maximum absolute atomic E-state index is 12.0. The number of nitrogens with one attached hydrogen (secondary N) is 1. The third-order valence-electron chi connectivity index (χ3n) is 4.66. The van der Waals surface area contributed by atoms with Crippen LogP contribution in [0.3, 0.4) is 0 Å². The fourth-order valence-corrected chi connectivity index (χ4v) is 3.20. The van der Waals surface area contributed by atoms with Crippen LogP contribution in [0.2, 0.25) is 0 Å². The first-order valence-electron chi connectivity index (χ1n) is 8.67. The molecule has 1 atom stereocenters. The Hall–Kier alpha value is -2.48. The van der Waals surface area contributed by atoms with Gasteiger partial charge in [-0.3, -0.25) is 14.5 Å². The molecule has 0 saturated carbocycles. The zero-order valence-corrected chi connectivity index (χ0v) is 14.5. The Morgan fingerprint density at radius 2 is 2.12 bits per heavy atom. The Kier molecular flexibility index (Phi) is 5.60. The van der Waals surface area contributed by atoms with Gasteiger partial charge in [0.1, 0.15) is 0 Å². The van der Waals surface area contributed by atoms with Gasteiger partial charge in [-0.2, -0.15) is 5.10 Å². The molecule has 0 radical (unpaired) electrons. The van der Waals surface area contributed by atoms with E-state index in [9.17, 15) is 9.59 Å². The van der Waals surface area contributed by atoms with Crippen molar-refractivity contribution in [3.05, 3.63) is 51.4 Å². The van der Waals surface area contributed by atoms with Crippen LogP contribution in [0.4, 0.5) is 5.82 Å². The maximum atomic E-state index is 12.0. The molecule has 1 N–H and O–H groups in total. The molecule has 0 amide bonds. The fourth-order valence-electron chi connectivity index (χ4n) is 3.20. The normalized spacial score (nSPS) is 18.2. The topological polar surface area (TPSA) is 85.1 Å². The van der Waals surface area contributed by atoms with Crippen molar-refractivity contribution in [2.45, 2.75) is 31.8 Å². The molecule has 0 spiro atoms. The van der Waals surface area contributed by atoms with Crippen LogP contribution in [0.25, 0.3) is 0 Å². The minimum absolute atomic E-state index is 0.0776. The van der Waals surface area contributed by atoms with Crippen LogP contribution in [0.15, 0.2) is 40.3 Å². The summed E-state index contributed by atoms with van der Waals surface area (Å²) >= 11 is 0. The molecule has 2 aromatic heterocycles. The van der Waals surface area contributed by atoms with E-state index in [0.29, 0.717) is 24.9 Å². The highest BCUT2D eigenvalue weighted by Crippen LogP contribution is 2.17. The molecule has 0 aliphatic carbocycles. The van der Waals surface area contributed by atoms with E-state index in [1.54, 1.807) is 31.7 Å². The van der Waals surface area contributed by atoms with Crippen LogP contribution in [0, 0.1) is 0 Å². The van der Waals surface area contributed by atoms with E-state index in [2.05, 4.69) is 20.3 Å². The van der Waals surface area contributed by atoms with Crippen LogP contribution in [0.1, 0.15) is 19.3 Å². The summed E-state index contributed by atoms with van der Waals surface area (Å²) in [5.41, 5.74) is -0.198. The molecule has 1 saturated heterocycles. The Balaban J connectivity index is 1.61. The number of rotatable bonds is 6. The molecule has 1 aliphatic heterocycles. The number of hydrogen-bond donors (Lipinski definition) is 1. The monoisotopic (exact) mass is 344 g/mol. The summed E-state index contributed by atoms with van der Waals surface area (Å²) in [5.74, 6) is 0.386. The van der Waals surface area contributed by atoms with E-state index >= 15 is 0 Å². The van der Waals surface area contributed by atoms with Crippen LogP contribution in [-0.4, -0.2) is 49.9 Å². The van der Waals surface area contributed by atoms with Gasteiger partial charge in [0.15, 0.2) is 5.82 Å². The predicted molar refractivity (Wildman–Crippen MR) is 95.7 cm³/mol. The molecule has 134 valence electrons. The van der Waals surface area contributed by atoms with Crippen LogP contribution in [-0.2, 0) is 13.6 Å². The van der Waals surface area contributed by atoms with E-state index in [-0.39, 0.29) is 11.1 Å². The smallest absolute Gasteiger partial charge is 0.293 e. The standard InChI is InChI=1S/C17H24N6O2/c1-21-10-8-18-16(17(21)25)19-13-14-5-2-3-9-22(14)11-12-23-15(24)6-4-7-20-23/h4,6-8,10,14H,2-3,5,9,11-13H2,1H3,(H,18,19). The minimum atomic E-state index is -0.120. The van der Waals surface area contributed by atoms with E-state index in [1.165, 1.54) is 21.7 Å². The van der Waals surface area contributed by atoms with Crippen molar-refractivity contribution < 1.29 is 0 Å². The fraction of sp³-hybridized carbons (Fsp3) is 0.529. The van der Waals surface area contributed by atoms with Crippen LogP contribution >= 0.6 is 0 Å². The zero-order valence-electron chi connectivity index (χ0n) is 14.5. The largest absolute Gasteiger partial charge is 0.364 e. The molecule has 1 fully saturated rings. The van der Waals surface area contributed by atoms with Gasteiger partial charge < -0.3 is 9.88 Å². The first-order valence-corrected chi connectivity index (χ1v) is 8.67. The predicted octanol–water partition coefficient (Wildman–Crippen LogP) is 0.304. The summed E-state index contributed by atoms with van der Waals surface area (Å²) in [5, 5.41) is 7.30. The van der Waals surface area contributed by atoms with Crippen molar-refractivity contribution in [2.24, 2.45) is 7.05 Å². The number of likely N-dealkylation sites (tertiary alicyclic amines) is 1. The van der Waals surface area contributed by atoms with E-state index in [1.807, 2.05) is 0 Å². The molecule has 8 nitrogen and oxygen atoms in total. The lowest BCUT2D eigenvalue weighted by atomic mass is 10.0. The van der Waals surface area contributed by atoms with Gasteiger partial charge in [0.05, 0.1) is 6.54 Å². The molecule has 1 unspecified atom stereocenters. The Morgan fingerprint density at radius 1 is 1.24 bits per heavy atom. The molecule has 1 aliphatic rings. The van der Waals surface area contributed by atoms with E-state index in [4.69, 9.17) is 0 Å². The Bertz CT molecular complexity index is 815. The molecule has 2 aromatic rings. The highest BCUT2D eigenvalue weighted by atomic mass is 16.1. The van der Waals surface area contributed by atoms with Gasteiger partial charge in [-0.05, 0) is 25.5 Å². The second-order valence-corrected chi connectivity index (χ2v) is 6.34. The summed E-state index contributed by atoms with van der Waals surface area (Å²) < 4.78 is 3.01. The van der Waals surface area contributed by atoms with Gasteiger partial charge >= 0.3 is 0 Å². The van der Waals surface area contributed by atoms with Crippen LogP contribution < -0.4 is 16.4 Å². The Labute approximate surface area is 146 Å². The summed E-state index contributed by atoms with van der Waals surface area (Å²) in [6, 6.07) is 3.50. The highest BCUT2D eigenvalue weighted by molar-refractivity contribution is 5.30. The first kappa shape index (κ1) is 17.3. The molecule has 3 heterocycles. The summed E-state index contributed by atoms with van der Waals surface area (Å²) in [6.07, 6.45) is 8.29. The average Bonchev–Trinajstić information content (AvgIpc) is 2.63.